The molecule has 0 aliphatic heterocycles. The van der Waals surface area contributed by atoms with Gasteiger partial charge in [-0.25, -0.2) is 33.7 Å². The molecule has 0 saturated carbocycles. The van der Waals surface area contributed by atoms with Gasteiger partial charge in [0.25, 0.3) is 23.6 Å². The summed E-state index contributed by atoms with van der Waals surface area (Å²) in [5, 5.41) is 11.9. The second kappa shape index (κ2) is 42.9. The van der Waals surface area contributed by atoms with E-state index in [0.717, 1.165) is 206 Å². The molecule has 0 aliphatic carbocycles. The summed E-state index contributed by atoms with van der Waals surface area (Å²) in [5.41, 5.74) is 11.0. The second-order valence-electron chi connectivity index (χ2n) is 30.4. The van der Waals surface area contributed by atoms with Gasteiger partial charge >= 0.3 is 0 Å². The molecule has 14 aromatic rings. The van der Waals surface area contributed by atoms with Crippen LogP contribution in [0.5, 0.6) is 23.0 Å². The van der Waals surface area contributed by atoms with Gasteiger partial charge < -0.3 is 37.2 Å². The molecule has 0 bridgehead atoms. The average Bonchev–Trinajstić information content (AvgIpc) is 1.46. The molecule has 0 aliphatic rings. The SMILES string of the molecule is CS(=O)(=O)NC(=O)Cn1cc(CCCOc2cccc3ccccc23)c2c(Cl)cccc21.CS(=O)(=O)NC(=O)Cn1cc(CCCOc2cccc3ccccc23)c2ccc(Cl)cc21.Cc1cc(OCCCc2cn(CC(=O)NS(C)(=O)=O)c3cc(Cl)ccc23)cc(C)c1Cl.Cc1cc(OCCCc2cn(CC(=O)NS(C)(=O)=O)c3cccc(Cl)c23)cc(C)c1Cl. The highest BCUT2D eigenvalue weighted by molar-refractivity contribution is 7.90. The maximum atomic E-state index is 12.1. The molecule has 0 atom stereocenters. The van der Waals surface area contributed by atoms with Gasteiger partial charge in [-0.1, -0.05) is 167 Å². The summed E-state index contributed by atoms with van der Waals surface area (Å²) in [6, 6.07) is 57.8. The van der Waals surface area contributed by atoms with Crippen LogP contribution in [0, 0.1) is 27.7 Å². The van der Waals surface area contributed by atoms with Crippen molar-refractivity contribution in [3.63, 3.8) is 0 Å². The number of carbonyl (C=O) groups excluding carboxylic acids is 4. The van der Waals surface area contributed by atoms with Gasteiger partial charge in [-0.2, -0.15) is 0 Å². The molecule has 0 spiro atoms. The molecular weight excluding hydrogens is 1810 g/mol. The Kier molecular flexibility index (Phi) is 32.7. The molecule has 10 aromatic carbocycles. The third kappa shape index (κ3) is 27.3. The first-order chi connectivity index (χ1) is 59.7. The van der Waals surface area contributed by atoms with Crippen LogP contribution < -0.4 is 37.8 Å². The quantitative estimate of drug-likeness (QED) is 0.0285. The Morgan fingerprint density at radius 1 is 0.317 bits per heavy atom. The smallest absolute Gasteiger partial charge is 0.253 e. The first-order valence-corrected chi connectivity index (χ1v) is 49.6. The van der Waals surface area contributed by atoms with Gasteiger partial charge in [0.2, 0.25) is 40.1 Å². The lowest BCUT2D eigenvalue weighted by Crippen LogP contribution is -2.32. The van der Waals surface area contributed by atoms with Crippen LogP contribution in [0.25, 0.3) is 65.2 Å². The van der Waals surface area contributed by atoms with Crippen molar-refractivity contribution < 1.29 is 71.8 Å². The van der Waals surface area contributed by atoms with Crippen LogP contribution >= 0.6 is 69.6 Å². The van der Waals surface area contributed by atoms with Crippen molar-refractivity contribution in [2.75, 3.05) is 51.5 Å². The number of hydrogen-bond acceptors (Lipinski definition) is 16. The molecule has 4 heterocycles. The molecule has 0 unspecified atom stereocenters. The maximum absolute atomic E-state index is 12.1. The second-order valence-corrected chi connectivity index (χ2v) is 39.9. The molecule has 126 heavy (non-hydrogen) atoms. The van der Waals surface area contributed by atoms with Crippen molar-refractivity contribution in [3.8, 4) is 23.0 Å². The van der Waals surface area contributed by atoms with Gasteiger partial charge in [0.15, 0.2) is 0 Å². The summed E-state index contributed by atoms with van der Waals surface area (Å²) >= 11 is 37.6. The third-order valence-corrected chi connectivity index (χ3v) is 24.6. The lowest BCUT2D eigenvalue weighted by Gasteiger charge is -2.10. The molecular formula is C92H94Cl6N8O16S4. The number of amides is 4. The average molecular weight is 1910 g/mol. The Bertz CT molecular complexity index is 6740. The Morgan fingerprint density at radius 2 is 0.603 bits per heavy atom. The van der Waals surface area contributed by atoms with Gasteiger partial charge in [0, 0.05) is 77.2 Å². The molecule has 4 aromatic heterocycles. The largest absolute Gasteiger partial charge is 0.494 e. The van der Waals surface area contributed by atoms with Crippen LogP contribution in [-0.2, 0) is 111 Å². The number of carbonyl (C=O) groups is 4. The zero-order valence-electron chi connectivity index (χ0n) is 70.2. The summed E-state index contributed by atoms with van der Waals surface area (Å²) in [4.78, 5) is 48.4. The van der Waals surface area contributed by atoms with Crippen LogP contribution in [0.15, 0.2) is 207 Å². The zero-order chi connectivity index (χ0) is 91.0. The summed E-state index contributed by atoms with van der Waals surface area (Å²) in [6.07, 6.45) is 17.1. The number of aromatic nitrogens is 4. The highest BCUT2D eigenvalue weighted by Gasteiger charge is 2.22. The van der Waals surface area contributed by atoms with E-state index in [2.05, 4.69) is 24.3 Å². The first-order valence-electron chi connectivity index (χ1n) is 39.8. The summed E-state index contributed by atoms with van der Waals surface area (Å²) in [7, 11) is -14.5. The summed E-state index contributed by atoms with van der Waals surface area (Å²) in [6.45, 7) is 9.41. The van der Waals surface area contributed by atoms with Gasteiger partial charge in [-0.15, -0.1) is 0 Å². The fourth-order valence-corrected chi connectivity index (χ4v) is 17.8. The molecule has 0 fully saturated rings. The Balaban J connectivity index is 0.000000163. The van der Waals surface area contributed by atoms with Crippen molar-refractivity contribution in [2.24, 2.45) is 0 Å². The van der Waals surface area contributed by atoms with Gasteiger partial charge in [0.1, 0.15) is 49.2 Å². The van der Waals surface area contributed by atoms with Gasteiger partial charge in [0.05, 0.1) is 83.6 Å². The number of ether oxygens (including phenoxy) is 4. The number of hydrogen-bond donors (Lipinski definition) is 4. The van der Waals surface area contributed by atoms with Crippen molar-refractivity contribution in [1.82, 2.24) is 37.2 Å². The zero-order valence-corrected chi connectivity index (χ0v) is 78.0. The minimum atomic E-state index is -3.61. The summed E-state index contributed by atoms with van der Waals surface area (Å²) in [5.74, 6) is 0.843. The Hall–Kier alpha value is -10.5. The molecule has 4 amide bonds. The molecule has 0 radical (unpaired) electrons. The minimum absolute atomic E-state index is 0.115. The fraction of sp³-hybridized carbons (Fsp3) is 0.261. The monoisotopic (exact) mass is 1900 g/mol. The number of nitrogens with zero attached hydrogens (tertiary/aromatic N) is 4. The predicted octanol–water partition coefficient (Wildman–Crippen LogP) is 18.4. The molecule has 24 nitrogen and oxygen atoms in total. The van der Waals surface area contributed by atoms with Crippen molar-refractivity contribution >= 4 is 198 Å². The van der Waals surface area contributed by atoms with E-state index in [1.165, 1.54) is 0 Å². The molecule has 4 N–H and O–H groups in total. The van der Waals surface area contributed by atoms with Crippen LogP contribution in [0.1, 0.15) is 70.2 Å². The molecule has 0 saturated heterocycles. The predicted molar refractivity (Wildman–Crippen MR) is 505 cm³/mol. The normalized spacial score (nSPS) is 11.7. The number of nitrogens with one attached hydrogen (secondary N) is 4. The van der Waals surface area contributed by atoms with Crippen molar-refractivity contribution in [1.29, 1.82) is 0 Å². The molecule has 664 valence electrons. The Labute approximate surface area is 762 Å². The third-order valence-electron chi connectivity index (χ3n) is 19.9. The van der Waals surface area contributed by atoms with Crippen molar-refractivity contribution in [3.05, 3.63) is 281 Å². The topological polar surface area (TPSA) is 310 Å². The Morgan fingerprint density at radius 3 is 0.937 bits per heavy atom. The highest BCUT2D eigenvalue weighted by atomic mass is 35.5. The summed E-state index contributed by atoms with van der Waals surface area (Å²) < 4.78 is 129. The van der Waals surface area contributed by atoms with Gasteiger partial charge in [-0.05, 0) is 219 Å². The number of rotatable bonds is 32. The lowest BCUT2D eigenvalue weighted by molar-refractivity contribution is -0.120. The fourth-order valence-electron chi connectivity index (χ4n) is 14.8. The van der Waals surface area contributed by atoms with E-state index in [1.54, 1.807) is 60.7 Å². The standard InChI is InChI=1S/2C24H23ClN2O4S.2C22H24Cl2N2O4S/c1-32(29,30)26-23(28)16-27-15-18(24-20(25)11-5-12-21(24)27)9-6-14-31-22-13-4-8-17-7-2-3-10-19(17)22;1-32(29,30)26-24(28)16-27-15-18(20-12-11-19(25)14-22(20)27)8-5-13-31-23-10-4-7-17-6-2-3-9-21(17)23;1-14-10-17(11-15(2)22(14)24)30-9-5-6-16-12-26(13-20(27)25-31(3,28)29)19-8-4-7-18(23)21(16)19;1-14-9-18(10-15(2)22(14)24)30-8-4-5-16-12-26(13-21(27)25-31(3,28)29)20-11-17(23)6-7-19(16)20/h2-5,7-8,10-13,15H,6,9,14,16H2,1H3,(H,26,28);2-4,6-7,9-12,14-15H,5,8,13,16H2,1H3,(H,26,28);4,7-8,10-12H,5-6,9,13H2,1-3H3,(H,25,27);6-7,9-12H,4-5,8,13H2,1-3H3,(H,25,27). The van der Waals surface area contributed by atoms with Gasteiger partial charge in [-0.3, -0.25) is 38.1 Å². The number of halogens is 6. The number of benzene rings is 10. The van der Waals surface area contributed by atoms with Crippen molar-refractivity contribution in [2.45, 2.75) is 105 Å². The minimum Gasteiger partial charge on any atom is -0.494 e. The van der Waals surface area contributed by atoms with Crippen LogP contribution in [0.2, 0.25) is 30.1 Å². The van der Waals surface area contributed by atoms with E-state index in [-0.39, 0.29) is 26.2 Å². The number of sulfonamides is 4. The first kappa shape index (κ1) is 96.1. The highest BCUT2D eigenvalue weighted by Crippen LogP contribution is 2.36. The number of fused-ring (bicyclic) bond motifs is 6. The van der Waals surface area contributed by atoms with E-state index >= 15 is 0 Å². The van der Waals surface area contributed by atoms with E-state index in [4.69, 9.17) is 88.6 Å². The lowest BCUT2D eigenvalue weighted by atomic mass is 10.1. The van der Waals surface area contributed by atoms with E-state index in [0.29, 0.717) is 59.4 Å². The molecule has 14 rings (SSSR count). The van der Waals surface area contributed by atoms with Crippen LogP contribution in [-0.4, -0.2) is 127 Å². The number of aryl methyl sites for hydroxylation is 8. The van der Waals surface area contributed by atoms with Crippen LogP contribution in [0.3, 0.4) is 0 Å². The van der Waals surface area contributed by atoms with Crippen LogP contribution in [0.4, 0.5) is 0 Å². The van der Waals surface area contributed by atoms with E-state index < -0.39 is 63.7 Å². The molecule has 34 heteroatoms. The van der Waals surface area contributed by atoms with E-state index in [9.17, 15) is 52.8 Å². The van der Waals surface area contributed by atoms with E-state index in [1.807, 2.05) is 187 Å². The maximum Gasteiger partial charge on any atom is 0.253 e.